The van der Waals surface area contributed by atoms with Crippen molar-refractivity contribution in [1.29, 1.82) is 0 Å². The van der Waals surface area contributed by atoms with E-state index in [1.807, 2.05) is 25.1 Å². The lowest BCUT2D eigenvalue weighted by Crippen LogP contribution is -2.17. The molecule has 0 aliphatic rings. The molecule has 0 unspecified atom stereocenters. The smallest absolute Gasteiger partial charge is 0.271 e. The topological polar surface area (TPSA) is 97.7 Å². The minimum atomic E-state index is -0.562. The summed E-state index contributed by atoms with van der Waals surface area (Å²) in [5.41, 5.74) is 4.33. The Morgan fingerprint density at radius 1 is 1.22 bits per heavy atom. The minimum absolute atomic E-state index is 0.144. The maximum Gasteiger partial charge on any atom is 0.271 e. The molecule has 0 saturated heterocycles. The molecule has 0 atom stereocenters. The van der Waals surface area contributed by atoms with Crippen LogP contribution in [0.25, 0.3) is 11.3 Å². The average molecular weight is 428 g/mol. The lowest BCUT2D eigenvalue weighted by Gasteiger charge is -2.02. The number of hydrogen-bond acceptors (Lipinski definition) is 5. The lowest BCUT2D eigenvalue weighted by atomic mass is 10.1. The number of nitrogens with zero attached hydrogens (tertiary/aromatic N) is 2. The molecule has 1 amide bonds. The Bertz CT molecular complexity index is 1040. The van der Waals surface area contributed by atoms with Gasteiger partial charge in [0.15, 0.2) is 0 Å². The van der Waals surface area contributed by atoms with Gasteiger partial charge in [0.1, 0.15) is 11.5 Å². The van der Waals surface area contributed by atoms with Gasteiger partial charge in [-0.25, -0.2) is 5.43 Å². The summed E-state index contributed by atoms with van der Waals surface area (Å²) in [5, 5.41) is 14.6. The number of nitro groups is 1. The molecule has 3 rings (SSSR count). The third-order valence-electron chi connectivity index (χ3n) is 3.69. The quantitative estimate of drug-likeness (QED) is 0.362. The standard InChI is InChI=1S/C19H14BrN3O4/c1-12-5-7-16(17(20)9-12)18-8-6-15(27-18)11-21-22-19(24)13-3-2-4-14(10-13)23(25)26/h2-11H,1H3,(H,22,24)/b21-11-. The van der Waals surface area contributed by atoms with Crippen molar-refractivity contribution in [3.8, 4) is 11.3 Å². The van der Waals surface area contributed by atoms with E-state index in [1.54, 1.807) is 12.1 Å². The largest absolute Gasteiger partial charge is 0.455 e. The lowest BCUT2D eigenvalue weighted by molar-refractivity contribution is -0.384. The highest BCUT2D eigenvalue weighted by atomic mass is 79.9. The number of hydrazone groups is 1. The normalized spacial score (nSPS) is 10.9. The first kappa shape index (κ1) is 18.5. The van der Waals surface area contributed by atoms with Crippen LogP contribution >= 0.6 is 15.9 Å². The fourth-order valence-electron chi connectivity index (χ4n) is 2.37. The molecule has 0 aliphatic heterocycles. The Kier molecular flexibility index (Phi) is 5.46. The molecule has 0 spiro atoms. The summed E-state index contributed by atoms with van der Waals surface area (Å²) < 4.78 is 6.62. The second-order valence-electron chi connectivity index (χ2n) is 5.69. The van der Waals surface area contributed by atoms with Gasteiger partial charge < -0.3 is 4.42 Å². The van der Waals surface area contributed by atoms with Crippen LogP contribution in [0.3, 0.4) is 0 Å². The van der Waals surface area contributed by atoms with Gasteiger partial charge in [0.2, 0.25) is 0 Å². The molecule has 8 heteroatoms. The van der Waals surface area contributed by atoms with E-state index < -0.39 is 10.8 Å². The first-order valence-corrected chi connectivity index (χ1v) is 8.67. The molecule has 0 fully saturated rings. The van der Waals surface area contributed by atoms with Crippen molar-refractivity contribution in [2.24, 2.45) is 5.10 Å². The van der Waals surface area contributed by atoms with Crippen molar-refractivity contribution >= 4 is 33.7 Å². The van der Waals surface area contributed by atoms with Gasteiger partial charge in [0.05, 0.1) is 11.1 Å². The van der Waals surface area contributed by atoms with E-state index in [4.69, 9.17) is 4.42 Å². The Hall–Kier alpha value is -3.26. The molecule has 2 aromatic carbocycles. The first-order chi connectivity index (χ1) is 12.9. The number of carbonyl (C=O) groups is 1. The molecule has 1 N–H and O–H groups in total. The van der Waals surface area contributed by atoms with Crippen molar-refractivity contribution < 1.29 is 14.1 Å². The van der Waals surface area contributed by atoms with Gasteiger partial charge in [0.25, 0.3) is 11.6 Å². The second-order valence-corrected chi connectivity index (χ2v) is 6.55. The van der Waals surface area contributed by atoms with Crippen LogP contribution in [0.4, 0.5) is 5.69 Å². The zero-order valence-electron chi connectivity index (χ0n) is 14.2. The van der Waals surface area contributed by atoms with Gasteiger partial charge >= 0.3 is 0 Å². The molecule has 7 nitrogen and oxygen atoms in total. The number of furan rings is 1. The SMILES string of the molecule is Cc1ccc(-c2ccc(/C=N\NC(=O)c3cccc([N+](=O)[O-])c3)o2)c(Br)c1. The highest BCUT2D eigenvalue weighted by Gasteiger charge is 2.11. The molecule has 0 saturated carbocycles. The number of rotatable bonds is 5. The van der Waals surface area contributed by atoms with Crippen molar-refractivity contribution in [3.05, 3.63) is 86.1 Å². The number of nitro benzene ring substituents is 1. The average Bonchev–Trinajstić information content (AvgIpc) is 3.10. The van der Waals surface area contributed by atoms with Crippen LogP contribution in [0.15, 0.2) is 68.6 Å². The highest BCUT2D eigenvalue weighted by molar-refractivity contribution is 9.10. The molecule has 27 heavy (non-hydrogen) atoms. The van der Waals surface area contributed by atoms with Crippen LogP contribution in [-0.4, -0.2) is 17.0 Å². The van der Waals surface area contributed by atoms with E-state index in [2.05, 4.69) is 26.5 Å². The number of non-ortho nitro benzene ring substituents is 1. The van der Waals surface area contributed by atoms with E-state index in [-0.39, 0.29) is 11.3 Å². The third kappa shape index (κ3) is 4.48. The van der Waals surface area contributed by atoms with Crippen molar-refractivity contribution in [2.75, 3.05) is 0 Å². The third-order valence-corrected chi connectivity index (χ3v) is 4.35. The molecule has 1 aromatic heterocycles. The number of nitrogens with one attached hydrogen (secondary N) is 1. The van der Waals surface area contributed by atoms with Crippen LogP contribution < -0.4 is 5.43 Å². The first-order valence-electron chi connectivity index (χ1n) is 7.88. The van der Waals surface area contributed by atoms with Crippen molar-refractivity contribution in [1.82, 2.24) is 5.43 Å². The molecule has 0 bridgehead atoms. The number of benzene rings is 2. The number of halogens is 1. The summed E-state index contributed by atoms with van der Waals surface area (Å²) in [4.78, 5) is 22.2. The van der Waals surface area contributed by atoms with Crippen LogP contribution in [0.2, 0.25) is 0 Å². The number of aryl methyl sites for hydroxylation is 1. The summed E-state index contributed by atoms with van der Waals surface area (Å²) in [5.74, 6) is 0.563. The fraction of sp³-hybridized carbons (Fsp3) is 0.0526. The van der Waals surface area contributed by atoms with Crippen molar-refractivity contribution in [2.45, 2.75) is 6.92 Å². The molecular formula is C19H14BrN3O4. The van der Waals surface area contributed by atoms with E-state index in [1.165, 1.54) is 30.5 Å². The maximum atomic E-state index is 12.0. The monoisotopic (exact) mass is 427 g/mol. The van der Waals surface area contributed by atoms with E-state index in [0.29, 0.717) is 11.5 Å². The minimum Gasteiger partial charge on any atom is -0.455 e. The van der Waals surface area contributed by atoms with Crippen LogP contribution in [0.5, 0.6) is 0 Å². The molecular weight excluding hydrogens is 414 g/mol. The van der Waals surface area contributed by atoms with E-state index in [9.17, 15) is 14.9 Å². The molecule has 0 aliphatic carbocycles. The van der Waals surface area contributed by atoms with Crippen LogP contribution in [0.1, 0.15) is 21.7 Å². The Morgan fingerprint density at radius 3 is 2.78 bits per heavy atom. The summed E-state index contributed by atoms with van der Waals surface area (Å²) in [7, 11) is 0. The Morgan fingerprint density at radius 2 is 2.04 bits per heavy atom. The second kappa shape index (κ2) is 7.96. The number of carbonyl (C=O) groups excluding carboxylic acids is 1. The molecule has 0 radical (unpaired) electrons. The van der Waals surface area contributed by atoms with E-state index in [0.717, 1.165) is 15.6 Å². The highest BCUT2D eigenvalue weighted by Crippen LogP contribution is 2.30. The van der Waals surface area contributed by atoms with Gasteiger partial charge in [-0.3, -0.25) is 14.9 Å². The molecule has 3 aromatic rings. The van der Waals surface area contributed by atoms with E-state index >= 15 is 0 Å². The Balaban J connectivity index is 1.68. The predicted molar refractivity (Wildman–Crippen MR) is 105 cm³/mol. The molecule has 136 valence electrons. The zero-order chi connectivity index (χ0) is 19.4. The van der Waals surface area contributed by atoms with Gasteiger partial charge in [-0.05, 0) is 42.8 Å². The van der Waals surface area contributed by atoms with Gasteiger partial charge in [-0.2, -0.15) is 5.10 Å². The van der Waals surface area contributed by atoms with Gasteiger partial charge in [-0.15, -0.1) is 0 Å². The summed E-state index contributed by atoms with van der Waals surface area (Å²) >= 11 is 3.51. The maximum absolute atomic E-state index is 12.0. The van der Waals surface area contributed by atoms with Gasteiger partial charge in [0, 0.05) is 27.7 Å². The zero-order valence-corrected chi connectivity index (χ0v) is 15.8. The van der Waals surface area contributed by atoms with Crippen molar-refractivity contribution in [3.63, 3.8) is 0 Å². The summed E-state index contributed by atoms with van der Waals surface area (Å²) in [6.07, 6.45) is 1.36. The number of hydrogen-bond donors (Lipinski definition) is 1. The fourth-order valence-corrected chi connectivity index (χ4v) is 3.06. The summed E-state index contributed by atoms with van der Waals surface area (Å²) in [6, 6.07) is 14.9. The number of amides is 1. The Labute approximate surface area is 163 Å². The van der Waals surface area contributed by atoms with Gasteiger partial charge in [-0.1, -0.05) is 28.1 Å². The molecule has 1 heterocycles. The summed E-state index contributed by atoms with van der Waals surface area (Å²) in [6.45, 7) is 2.00. The predicted octanol–water partition coefficient (Wildman–Crippen LogP) is 4.69. The van der Waals surface area contributed by atoms with Crippen LogP contribution in [0, 0.1) is 17.0 Å². The van der Waals surface area contributed by atoms with Crippen LogP contribution in [-0.2, 0) is 0 Å².